The van der Waals surface area contributed by atoms with Gasteiger partial charge in [0.05, 0.1) is 26.1 Å². The largest absolute Gasteiger partial charge is 0.493 e. The predicted octanol–water partition coefficient (Wildman–Crippen LogP) is 3.57. The molecule has 0 aliphatic heterocycles. The maximum atomic E-state index is 5.52. The molecule has 1 atom stereocenters. The summed E-state index contributed by atoms with van der Waals surface area (Å²) in [6.45, 7) is 2.27. The van der Waals surface area contributed by atoms with Gasteiger partial charge in [-0.1, -0.05) is 13.0 Å². The molecule has 0 heterocycles. The lowest BCUT2D eigenvalue weighted by atomic mass is 9.65. The highest BCUT2D eigenvalue weighted by Gasteiger charge is 2.44. The van der Waals surface area contributed by atoms with Crippen molar-refractivity contribution in [3.63, 3.8) is 0 Å². The SMILES string of the molecule is CC[C@]1(c2ccc(OC)c(OC)c2)CCC(=NC)CC1=[N+](C)C.[HH]. The van der Waals surface area contributed by atoms with E-state index in [0.717, 1.165) is 37.2 Å². The van der Waals surface area contributed by atoms with Crippen LogP contribution >= 0.6 is 0 Å². The van der Waals surface area contributed by atoms with Gasteiger partial charge in [-0.05, 0) is 37.0 Å². The zero-order chi connectivity index (χ0) is 17.0. The normalized spacial score (nSPS) is 23.0. The molecule has 0 saturated heterocycles. The highest BCUT2D eigenvalue weighted by Crippen LogP contribution is 2.42. The first-order valence-electron chi connectivity index (χ1n) is 8.23. The van der Waals surface area contributed by atoms with Gasteiger partial charge in [0.15, 0.2) is 17.2 Å². The van der Waals surface area contributed by atoms with Crippen molar-refractivity contribution in [2.75, 3.05) is 35.4 Å². The van der Waals surface area contributed by atoms with Crippen LogP contribution in [0.15, 0.2) is 23.2 Å². The van der Waals surface area contributed by atoms with Gasteiger partial charge in [0.1, 0.15) is 14.1 Å². The second-order valence-corrected chi connectivity index (χ2v) is 6.31. The number of nitrogens with zero attached hydrogens (tertiary/aromatic N) is 2. The maximum Gasteiger partial charge on any atom is 0.168 e. The standard InChI is InChI=1S/C19H29N2O2.H2/c1-7-19(11-10-15(20-2)13-18(19)21(3)4)14-8-9-16(22-5)17(12-14)23-6;/h8-9,12H,7,10-11,13H2,1-6H3;1H/q+1;/t19-;/m1./s1. The summed E-state index contributed by atoms with van der Waals surface area (Å²) in [6.07, 6.45) is 4.15. The Bertz CT molecular complexity index is 636. The highest BCUT2D eigenvalue weighted by atomic mass is 16.5. The van der Waals surface area contributed by atoms with Gasteiger partial charge in [0, 0.05) is 14.2 Å². The van der Waals surface area contributed by atoms with Crippen molar-refractivity contribution >= 4 is 11.4 Å². The van der Waals surface area contributed by atoms with Gasteiger partial charge in [-0.3, -0.25) is 4.99 Å². The highest BCUT2D eigenvalue weighted by molar-refractivity contribution is 6.09. The Kier molecular flexibility index (Phi) is 5.45. The van der Waals surface area contributed by atoms with Crippen molar-refractivity contribution in [3.8, 4) is 11.5 Å². The molecule has 1 aliphatic rings. The number of hydrogen-bond donors (Lipinski definition) is 0. The lowest BCUT2D eigenvalue weighted by Gasteiger charge is -2.36. The minimum Gasteiger partial charge on any atom is -0.493 e. The number of methoxy groups -OCH3 is 2. The van der Waals surface area contributed by atoms with Gasteiger partial charge < -0.3 is 9.47 Å². The molecule has 1 aromatic rings. The van der Waals surface area contributed by atoms with E-state index >= 15 is 0 Å². The van der Waals surface area contributed by atoms with E-state index in [2.05, 4.69) is 42.7 Å². The van der Waals surface area contributed by atoms with E-state index in [4.69, 9.17) is 9.47 Å². The average molecular weight is 319 g/mol. The summed E-state index contributed by atoms with van der Waals surface area (Å²) in [4.78, 5) is 4.46. The Morgan fingerprint density at radius 3 is 2.43 bits per heavy atom. The Morgan fingerprint density at radius 2 is 1.91 bits per heavy atom. The quantitative estimate of drug-likeness (QED) is 0.795. The molecule has 4 nitrogen and oxygen atoms in total. The molecule has 1 aliphatic carbocycles. The molecule has 0 N–H and O–H groups in total. The van der Waals surface area contributed by atoms with Crippen molar-refractivity contribution in [3.05, 3.63) is 23.8 Å². The van der Waals surface area contributed by atoms with Crippen LogP contribution in [0.25, 0.3) is 0 Å². The smallest absolute Gasteiger partial charge is 0.168 e. The fraction of sp³-hybridized carbons (Fsp3) is 0.579. The molecule has 23 heavy (non-hydrogen) atoms. The van der Waals surface area contributed by atoms with Crippen molar-refractivity contribution in [1.82, 2.24) is 0 Å². The molecule has 1 fully saturated rings. The Morgan fingerprint density at radius 1 is 1.22 bits per heavy atom. The van der Waals surface area contributed by atoms with Gasteiger partial charge in [-0.2, -0.15) is 0 Å². The van der Waals surface area contributed by atoms with Gasteiger partial charge in [-0.25, -0.2) is 4.58 Å². The summed E-state index contributed by atoms with van der Waals surface area (Å²) in [7, 11) is 9.55. The van der Waals surface area contributed by atoms with Crippen LogP contribution in [0.4, 0.5) is 0 Å². The summed E-state index contributed by atoms with van der Waals surface area (Å²) < 4.78 is 13.2. The molecule has 0 aromatic heterocycles. The number of aliphatic imine (C=N–C) groups is 1. The summed E-state index contributed by atoms with van der Waals surface area (Å²) in [5.41, 5.74) is 4.06. The third kappa shape index (κ3) is 3.12. The second-order valence-electron chi connectivity index (χ2n) is 6.31. The lowest BCUT2D eigenvalue weighted by Crippen LogP contribution is -2.44. The van der Waals surface area contributed by atoms with E-state index in [9.17, 15) is 0 Å². The van der Waals surface area contributed by atoms with Crippen LogP contribution in [-0.4, -0.2) is 51.4 Å². The zero-order valence-electron chi connectivity index (χ0n) is 15.3. The number of ether oxygens (including phenoxy) is 2. The molecular formula is C19H31N2O2+. The number of hydrogen-bond acceptors (Lipinski definition) is 3. The average Bonchev–Trinajstić information content (AvgIpc) is 2.60. The van der Waals surface area contributed by atoms with Gasteiger partial charge in [-0.15, -0.1) is 0 Å². The predicted molar refractivity (Wildman–Crippen MR) is 98.0 cm³/mol. The third-order valence-electron chi connectivity index (χ3n) is 5.16. The summed E-state index contributed by atoms with van der Waals surface area (Å²) in [5, 5.41) is 0. The third-order valence-corrected chi connectivity index (χ3v) is 5.16. The van der Waals surface area contributed by atoms with Crippen molar-refractivity contribution in [2.24, 2.45) is 4.99 Å². The van der Waals surface area contributed by atoms with Gasteiger partial charge >= 0.3 is 0 Å². The first-order valence-corrected chi connectivity index (χ1v) is 8.23. The molecule has 0 unspecified atom stereocenters. The first kappa shape index (κ1) is 17.5. The van der Waals surface area contributed by atoms with Gasteiger partial charge in [0.2, 0.25) is 0 Å². The summed E-state index contributed by atoms with van der Waals surface area (Å²) >= 11 is 0. The molecule has 0 radical (unpaired) electrons. The van der Waals surface area contributed by atoms with Crippen LogP contribution in [0, 0.1) is 0 Å². The van der Waals surface area contributed by atoms with Crippen LogP contribution < -0.4 is 9.47 Å². The monoisotopic (exact) mass is 319 g/mol. The van der Waals surface area contributed by atoms with E-state index in [1.165, 1.54) is 17.0 Å². The zero-order valence-corrected chi connectivity index (χ0v) is 15.3. The fourth-order valence-electron chi connectivity index (χ4n) is 3.76. The van der Waals surface area contributed by atoms with Gasteiger partial charge in [0.25, 0.3) is 0 Å². The van der Waals surface area contributed by atoms with E-state index in [0.29, 0.717) is 0 Å². The summed E-state index contributed by atoms with van der Waals surface area (Å²) in [6, 6.07) is 6.34. The lowest BCUT2D eigenvalue weighted by molar-refractivity contribution is -0.469. The van der Waals surface area contributed by atoms with Crippen molar-refractivity contribution in [2.45, 2.75) is 38.0 Å². The first-order chi connectivity index (χ1) is 11.0. The van der Waals surface area contributed by atoms with Crippen LogP contribution in [0.3, 0.4) is 0 Å². The minimum atomic E-state index is 0. The molecule has 4 heteroatoms. The molecule has 1 aromatic carbocycles. The minimum absolute atomic E-state index is 0. The number of benzene rings is 1. The summed E-state index contributed by atoms with van der Waals surface area (Å²) in [5.74, 6) is 1.58. The van der Waals surface area contributed by atoms with Crippen LogP contribution in [-0.2, 0) is 5.41 Å². The molecule has 128 valence electrons. The fourth-order valence-corrected chi connectivity index (χ4v) is 3.76. The molecule has 0 bridgehead atoms. The molecule has 2 rings (SSSR count). The van der Waals surface area contributed by atoms with E-state index in [1.807, 2.05) is 13.1 Å². The van der Waals surface area contributed by atoms with E-state index < -0.39 is 0 Å². The Labute approximate surface area is 141 Å². The Hall–Kier alpha value is -1.84. The van der Waals surface area contributed by atoms with Crippen molar-refractivity contribution in [1.29, 1.82) is 0 Å². The topological polar surface area (TPSA) is 33.8 Å². The van der Waals surface area contributed by atoms with Crippen LogP contribution in [0.1, 0.15) is 39.6 Å². The molecule has 0 spiro atoms. The number of rotatable bonds is 4. The van der Waals surface area contributed by atoms with Crippen LogP contribution in [0.5, 0.6) is 11.5 Å². The Balaban J connectivity index is 0.00000288. The maximum absolute atomic E-state index is 5.52. The second kappa shape index (κ2) is 7.16. The molecule has 1 saturated carbocycles. The van der Waals surface area contributed by atoms with E-state index in [-0.39, 0.29) is 6.84 Å². The van der Waals surface area contributed by atoms with E-state index in [1.54, 1.807) is 14.2 Å². The van der Waals surface area contributed by atoms with Crippen LogP contribution in [0.2, 0.25) is 0 Å². The van der Waals surface area contributed by atoms with Crippen molar-refractivity contribution < 1.29 is 15.5 Å². The molecular weight excluding hydrogens is 288 g/mol. The molecule has 0 amide bonds.